The molecule has 0 spiro atoms. The highest BCUT2D eigenvalue weighted by Crippen LogP contribution is 2.26. The molecule has 0 atom stereocenters. The van der Waals surface area contributed by atoms with Crippen LogP contribution in [0, 0.1) is 6.92 Å². The number of hydrogen-bond acceptors (Lipinski definition) is 3. The monoisotopic (exact) mass is 359 g/mol. The lowest BCUT2D eigenvalue weighted by atomic mass is 10.0. The number of hydrogen-bond donors (Lipinski definition) is 0. The molecule has 4 heteroatoms. The predicted octanol–water partition coefficient (Wildman–Crippen LogP) is 4.28. The standard InChI is InChI=1S/C23H25N3O/c1-17-8-9-18-16-19(10-11-22(18)24-17)23(27)26(20-6-4-3-5-7-20)21-12-14-25(2)15-13-21/h3-11,16,21H,12-15H2,1-2H3. The second-order valence-corrected chi connectivity index (χ2v) is 7.41. The molecule has 1 saturated heterocycles. The first-order valence-electron chi connectivity index (χ1n) is 9.56. The number of rotatable bonds is 3. The zero-order valence-corrected chi connectivity index (χ0v) is 15.9. The van der Waals surface area contributed by atoms with Gasteiger partial charge in [0, 0.05) is 28.4 Å². The van der Waals surface area contributed by atoms with E-state index in [0.29, 0.717) is 0 Å². The molecule has 1 aliphatic heterocycles. The van der Waals surface area contributed by atoms with E-state index in [1.54, 1.807) is 0 Å². The van der Waals surface area contributed by atoms with Gasteiger partial charge in [0.2, 0.25) is 0 Å². The zero-order valence-electron chi connectivity index (χ0n) is 15.9. The fourth-order valence-electron chi connectivity index (χ4n) is 3.84. The van der Waals surface area contributed by atoms with Crippen molar-refractivity contribution in [3.63, 3.8) is 0 Å². The third kappa shape index (κ3) is 3.71. The third-order valence-corrected chi connectivity index (χ3v) is 5.38. The number of carbonyl (C=O) groups is 1. The number of carbonyl (C=O) groups excluding carboxylic acids is 1. The Morgan fingerprint density at radius 2 is 1.78 bits per heavy atom. The minimum Gasteiger partial charge on any atom is -0.306 e. The topological polar surface area (TPSA) is 36.4 Å². The first-order valence-corrected chi connectivity index (χ1v) is 9.56. The van der Waals surface area contributed by atoms with E-state index in [1.165, 1.54) is 0 Å². The maximum atomic E-state index is 13.5. The lowest BCUT2D eigenvalue weighted by Crippen LogP contribution is -2.46. The van der Waals surface area contributed by atoms with E-state index in [0.717, 1.165) is 53.8 Å². The van der Waals surface area contributed by atoms with Crippen LogP contribution in [-0.2, 0) is 0 Å². The zero-order chi connectivity index (χ0) is 18.8. The fraction of sp³-hybridized carbons (Fsp3) is 0.304. The van der Waals surface area contributed by atoms with Crippen molar-refractivity contribution in [3.05, 3.63) is 71.9 Å². The minimum absolute atomic E-state index is 0.0678. The molecule has 0 bridgehead atoms. The van der Waals surface area contributed by atoms with Crippen molar-refractivity contribution in [2.75, 3.05) is 25.0 Å². The van der Waals surface area contributed by atoms with Crippen LogP contribution < -0.4 is 4.90 Å². The molecule has 3 aromatic rings. The number of likely N-dealkylation sites (tertiary alicyclic amines) is 1. The van der Waals surface area contributed by atoms with E-state index in [4.69, 9.17) is 0 Å². The average Bonchev–Trinajstić information content (AvgIpc) is 2.70. The first kappa shape index (κ1) is 17.7. The molecule has 1 aromatic heterocycles. The molecule has 2 aromatic carbocycles. The number of piperidine rings is 1. The maximum absolute atomic E-state index is 13.5. The summed E-state index contributed by atoms with van der Waals surface area (Å²) in [5, 5.41) is 1.00. The molecule has 0 radical (unpaired) electrons. The van der Waals surface area contributed by atoms with Crippen molar-refractivity contribution in [1.29, 1.82) is 0 Å². The molecule has 0 unspecified atom stereocenters. The number of amides is 1. The number of fused-ring (bicyclic) bond motifs is 1. The highest BCUT2D eigenvalue weighted by Gasteiger charge is 2.29. The van der Waals surface area contributed by atoms with E-state index >= 15 is 0 Å². The molecular formula is C23H25N3O. The molecular weight excluding hydrogens is 334 g/mol. The number of nitrogens with zero attached hydrogens (tertiary/aromatic N) is 3. The van der Waals surface area contributed by atoms with E-state index in [-0.39, 0.29) is 11.9 Å². The van der Waals surface area contributed by atoms with Crippen molar-refractivity contribution in [1.82, 2.24) is 9.88 Å². The van der Waals surface area contributed by atoms with Gasteiger partial charge in [0.05, 0.1) is 5.52 Å². The Labute approximate surface area is 160 Å². The Morgan fingerprint density at radius 3 is 2.52 bits per heavy atom. The summed E-state index contributed by atoms with van der Waals surface area (Å²) in [6.45, 7) is 4.01. The van der Waals surface area contributed by atoms with Crippen LogP contribution in [0.5, 0.6) is 0 Å². The van der Waals surface area contributed by atoms with Crippen LogP contribution in [0.1, 0.15) is 28.9 Å². The van der Waals surface area contributed by atoms with Crippen LogP contribution in [0.4, 0.5) is 5.69 Å². The third-order valence-electron chi connectivity index (χ3n) is 5.38. The molecule has 0 N–H and O–H groups in total. The van der Waals surface area contributed by atoms with E-state index in [9.17, 15) is 4.79 Å². The van der Waals surface area contributed by atoms with Crippen LogP contribution >= 0.6 is 0 Å². The second kappa shape index (κ2) is 7.49. The summed E-state index contributed by atoms with van der Waals surface area (Å²) in [6, 6.07) is 20.1. The molecule has 4 rings (SSSR count). The van der Waals surface area contributed by atoms with Crippen LogP contribution in [-0.4, -0.2) is 42.0 Å². The van der Waals surface area contributed by atoms with Gasteiger partial charge >= 0.3 is 0 Å². The normalized spacial score (nSPS) is 15.8. The number of anilines is 1. The number of benzene rings is 2. The Bertz CT molecular complexity index is 946. The van der Waals surface area contributed by atoms with Crippen molar-refractivity contribution in [2.45, 2.75) is 25.8 Å². The van der Waals surface area contributed by atoms with Gasteiger partial charge in [-0.2, -0.15) is 0 Å². The Kier molecular flexibility index (Phi) is 4.90. The van der Waals surface area contributed by atoms with Gasteiger partial charge < -0.3 is 9.80 Å². The molecule has 0 saturated carbocycles. The smallest absolute Gasteiger partial charge is 0.258 e. The molecule has 27 heavy (non-hydrogen) atoms. The molecule has 138 valence electrons. The minimum atomic E-state index is 0.0678. The highest BCUT2D eigenvalue weighted by atomic mass is 16.2. The molecule has 0 aliphatic carbocycles. The molecule has 2 heterocycles. The summed E-state index contributed by atoms with van der Waals surface area (Å²) >= 11 is 0. The highest BCUT2D eigenvalue weighted by molar-refractivity contribution is 6.08. The van der Waals surface area contributed by atoms with Crippen molar-refractivity contribution < 1.29 is 4.79 Å². The number of para-hydroxylation sites is 1. The fourth-order valence-corrected chi connectivity index (χ4v) is 3.84. The van der Waals surface area contributed by atoms with Gasteiger partial charge in [-0.25, -0.2) is 0 Å². The number of aryl methyl sites for hydroxylation is 1. The summed E-state index contributed by atoms with van der Waals surface area (Å²) < 4.78 is 0. The van der Waals surface area contributed by atoms with Gasteiger partial charge in [-0.3, -0.25) is 9.78 Å². The summed E-state index contributed by atoms with van der Waals surface area (Å²) in [6.07, 6.45) is 1.98. The van der Waals surface area contributed by atoms with Crippen LogP contribution in [0.3, 0.4) is 0 Å². The van der Waals surface area contributed by atoms with Gasteiger partial charge in [-0.1, -0.05) is 24.3 Å². The van der Waals surface area contributed by atoms with Crippen molar-refractivity contribution >= 4 is 22.5 Å². The SMILES string of the molecule is Cc1ccc2cc(C(=O)N(c3ccccc3)C3CCN(C)CC3)ccc2n1. The molecule has 1 fully saturated rings. The van der Waals surface area contributed by atoms with Gasteiger partial charge in [-0.15, -0.1) is 0 Å². The Balaban J connectivity index is 1.71. The molecule has 4 nitrogen and oxygen atoms in total. The second-order valence-electron chi connectivity index (χ2n) is 7.41. The number of aromatic nitrogens is 1. The Hall–Kier alpha value is -2.72. The van der Waals surface area contributed by atoms with Gasteiger partial charge in [0.1, 0.15) is 0 Å². The molecule has 1 aliphatic rings. The Morgan fingerprint density at radius 1 is 1.04 bits per heavy atom. The van der Waals surface area contributed by atoms with E-state index in [1.807, 2.05) is 72.5 Å². The molecule has 1 amide bonds. The summed E-state index contributed by atoms with van der Waals surface area (Å²) in [7, 11) is 2.14. The van der Waals surface area contributed by atoms with Gasteiger partial charge in [0.15, 0.2) is 0 Å². The summed E-state index contributed by atoms with van der Waals surface area (Å²) in [5.41, 5.74) is 3.60. The van der Waals surface area contributed by atoms with Gasteiger partial charge in [0.25, 0.3) is 5.91 Å². The predicted molar refractivity (Wildman–Crippen MR) is 110 cm³/mol. The average molecular weight is 359 g/mol. The lowest BCUT2D eigenvalue weighted by Gasteiger charge is -2.37. The quantitative estimate of drug-likeness (QED) is 0.700. The van der Waals surface area contributed by atoms with Crippen molar-refractivity contribution in [3.8, 4) is 0 Å². The van der Waals surface area contributed by atoms with E-state index < -0.39 is 0 Å². The van der Waals surface area contributed by atoms with Crippen LogP contribution in [0.15, 0.2) is 60.7 Å². The van der Waals surface area contributed by atoms with E-state index in [2.05, 4.69) is 16.9 Å². The first-order chi connectivity index (χ1) is 13.1. The van der Waals surface area contributed by atoms with Crippen LogP contribution in [0.25, 0.3) is 10.9 Å². The maximum Gasteiger partial charge on any atom is 0.258 e. The summed E-state index contributed by atoms with van der Waals surface area (Å²) in [4.78, 5) is 22.4. The van der Waals surface area contributed by atoms with Crippen molar-refractivity contribution in [2.24, 2.45) is 0 Å². The lowest BCUT2D eigenvalue weighted by molar-refractivity contribution is 0.0964. The van der Waals surface area contributed by atoms with Gasteiger partial charge in [-0.05, 0) is 76.3 Å². The summed E-state index contributed by atoms with van der Waals surface area (Å²) in [5.74, 6) is 0.0678. The van der Waals surface area contributed by atoms with Crippen LogP contribution in [0.2, 0.25) is 0 Å². The number of pyridine rings is 1. The largest absolute Gasteiger partial charge is 0.306 e.